The van der Waals surface area contributed by atoms with Crippen molar-refractivity contribution in [1.29, 1.82) is 0 Å². The molecule has 0 saturated carbocycles. The minimum atomic E-state index is -4.21. The first-order chi connectivity index (χ1) is 8.56. The number of unbranched alkanes of at least 4 members (excludes halogenated alkanes) is 9. The summed E-state index contributed by atoms with van der Waals surface area (Å²) in [6.45, 7) is 2.60. The molecule has 0 rings (SSSR count). The molecule has 0 atom stereocenters. The van der Waals surface area contributed by atoms with E-state index in [2.05, 4.69) is 6.92 Å². The molecule has 0 saturated heterocycles. The summed E-state index contributed by atoms with van der Waals surface area (Å²) >= 11 is 0. The first-order valence-electron chi connectivity index (χ1n) is 7.07. The van der Waals surface area contributed by atoms with E-state index in [1.165, 1.54) is 51.4 Å². The fraction of sp³-hybridized carbons (Fsp3) is 1.00. The average Bonchev–Trinajstić information content (AvgIpc) is 2.29. The Morgan fingerprint density at radius 1 is 0.842 bits per heavy atom. The molecular weight excluding hydrogens is 275 g/mol. The topological polar surface area (TPSA) is 66.4 Å². The van der Waals surface area contributed by atoms with E-state index >= 15 is 0 Å². The van der Waals surface area contributed by atoms with Crippen molar-refractivity contribution >= 4 is 10.1 Å². The molecule has 0 N–H and O–H groups in total. The Bertz CT molecular complexity index is 268. The monoisotopic (exact) mass is 302 g/mol. The molecule has 4 nitrogen and oxygen atoms in total. The van der Waals surface area contributed by atoms with Crippen LogP contribution in [-0.4, -0.2) is 25.5 Å². The first-order valence-corrected chi connectivity index (χ1v) is 8.65. The number of hydrogen-bond donors (Lipinski definition) is 0. The summed E-state index contributed by atoms with van der Waals surface area (Å²) in [6, 6.07) is 0. The van der Waals surface area contributed by atoms with Crippen LogP contribution in [0.2, 0.25) is 0 Å². The Morgan fingerprint density at radius 3 is 1.68 bits per heavy atom. The zero-order valence-electron chi connectivity index (χ0n) is 12.5. The van der Waals surface area contributed by atoms with Crippen LogP contribution in [0.25, 0.3) is 0 Å². The van der Waals surface area contributed by atoms with Gasteiger partial charge in [0, 0.05) is 6.61 Å². The SMILES string of the molecule is CCCCCCCCCCCCOCS(=O)(=O)[O-].[Na+]. The van der Waals surface area contributed by atoms with Gasteiger partial charge in [0.25, 0.3) is 0 Å². The van der Waals surface area contributed by atoms with E-state index in [0.29, 0.717) is 6.61 Å². The van der Waals surface area contributed by atoms with Crippen molar-refractivity contribution in [3.63, 3.8) is 0 Å². The predicted octanol–water partition coefficient (Wildman–Crippen LogP) is 0.431. The first kappa shape index (κ1) is 22.2. The van der Waals surface area contributed by atoms with Gasteiger partial charge in [-0.1, -0.05) is 64.7 Å². The average molecular weight is 302 g/mol. The largest absolute Gasteiger partial charge is 1.00 e. The Balaban J connectivity index is 0. The Hall–Kier alpha value is 0.870. The number of ether oxygens (including phenoxy) is 1. The molecule has 0 fully saturated rings. The maximum Gasteiger partial charge on any atom is 1.00 e. The Kier molecular flexibility index (Phi) is 17.8. The van der Waals surface area contributed by atoms with Crippen LogP contribution in [-0.2, 0) is 14.9 Å². The van der Waals surface area contributed by atoms with Crippen LogP contribution in [0.1, 0.15) is 71.1 Å². The molecule has 6 heteroatoms. The van der Waals surface area contributed by atoms with Gasteiger partial charge in [-0.15, -0.1) is 0 Å². The second-order valence-electron chi connectivity index (χ2n) is 4.77. The maximum atomic E-state index is 10.2. The van der Waals surface area contributed by atoms with Crippen molar-refractivity contribution in [1.82, 2.24) is 0 Å². The zero-order chi connectivity index (χ0) is 13.7. The van der Waals surface area contributed by atoms with Gasteiger partial charge in [-0.3, -0.25) is 0 Å². The van der Waals surface area contributed by atoms with Crippen molar-refractivity contribution in [2.24, 2.45) is 0 Å². The maximum absolute atomic E-state index is 10.2. The third-order valence-electron chi connectivity index (χ3n) is 2.87. The van der Waals surface area contributed by atoms with E-state index in [0.717, 1.165) is 12.8 Å². The third-order valence-corrected chi connectivity index (χ3v) is 3.33. The molecule has 0 unspecified atom stereocenters. The van der Waals surface area contributed by atoms with Crippen LogP contribution in [0, 0.1) is 0 Å². The summed E-state index contributed by atoms with van der Waals surface area (Å²) < 4.78 is 35.5. The molecular formula is C13H27NaO4S. The second kappa shape index (κ2) is 15.3. The molecule has 0 spiro atoms. The fourth-order valence-electron chi connectivity index (χ4n) is 1.85. The van der Waals surface area contributed by atoms with Crippen LogP contribution in [0.15, 0.2) is 0 Å². The van der Waals surface area contributed by atoms with Gasteiger partial charge in [-0.25, -0.2) is 8.42 Å². The number of rotatable bonds is 13. The molecule has 0 radical (unpaired) electrons. The summed E-state index contributed by atoms with van der Waals surface area (Å²) in [6.07, 6.45) is 12.3. The van der Waals surface area contributed by atoms with Crippen LogP contribution in [0.5, 0.6) is 0 Å². The minimum absolute atomic E-state index is 0. The van der Waals surface area contributed by atoms with Gasteiger partial charge in [0.15, 0.2) is 0 Å². The van der Waals surface area contributed by atoms with Crippen molar-refractivity contribution < 1.29 is 47.3 Å². The van der Waals surface area contributed by atoms with Crippen LogP contribution >= 0.6 is 0 Å². The van der Waals surface area contributed by atoms with Gasteiger partial charge in [0.05, 0.1) is 0 Å². The normalized spacial score (nSPS) is 11.3. The quantitative estimate of drug-likeness (QED) is 0.281. The molecule has 0 aliphatic heterocycles. The van der Waals surface area contributed by atoms with E-state index in [9.17, 15) is 13.0 Å². The van der Waals surface area contributed by atoms with Crippen LogP contribution in [0.3, 0.4) is 0 Å². The molecule has 0 aromatic rings. The minimum Gasteiger partial charge on any atom is -0.746 e. The molecule has 0 aromatic heterocycles. The summed E-state index contributed by atoms with van der Waals surface area (Å²) in [7, 11) is -4.21. The molecule has 0 aliphatic carbocycles. The smallest absolute Gasteiger partial charge is 0.746 e. The summed E-state index contributed by atoms with van der Waals surface area (Å²) in [5.41, 5.74) is 0. The van der Waals surface area contributed by atoms with Gasteiger partial charge < -0.3 is 9.29 Å². The molecule has 0 heterocycles. The van der Waals surface area contributed by atoms with Gasteiger partial charge in [-0.2, -0.15) is 0 Å². The predicted molar refractivity (Wildman–Crippen MR) is 72.4 cm³/mol. The molecule has 0 aliphatic rings. The van der Waals surface area contributed by atoms with Crippen molar-refractivity contribution in [3.05, 3.63) is 0 Å². The Morgan fingerprint density at radius 2 is 1.26 bits per heavy atom. The van der Waals surface area contributed by atoms with Crippen molar-refractivity contribution in [3.8, 4) is 0 Å². The van der Waals surface area contributed by atoms with E-state index in [4.69, 9.17) is 4.74 Å². The summed E-state index contributed by atoms with van der Waals surface area (Å²) in [5.74, 6) is -0.690. The van der Waals surface area contributed by atoms with Gasteiger partial charge >= 0.3 is 29.6 Å². The number of hydrogen-bond acceptors (Lipinski definition) is 4. The third kappa shape index (κ3) is 21.3. The van der Waals surface area contributed by atoms with Gasteiger partial charge in [0.1, 0.15) is 16.1 Å². The van der Waals surface area contributed by atoms with Crippen molar-refractivity contribution in [2.45, 2.75) is 71.1 Å². The van der Waals surface area contributed by atoms with Crippen molar-refractivity contribution in [2.75, 3.05) is 12.5 Å². The summed E-state index contributed by atoms with van der Waals surface area (Å²) in [5, 5.41) is 0. The fourth-order valence-corrected chi connectivity index (χ4v) is 2.17. The van der Waals surface area contributed by atoms with E-state index in [-0.39, 0.29) is 29.6 Å². The second-order valence-corrected chi connectivity index (χ2v) is 6.12. The molecule has 0 aromatic carbocycles. The summed E-state index contributed by atoms with van der Waals surface area (Å²) in [4.78, 5) is 0. The molecule has 0 bridgehead atoms. The zero-order valence-corrected chi connectivity index (χ0v) is 15.3. The van der Waals surface area contributed by atoms with Gasteiger partial charge in [-0.05, 0) is 6.42 Å². The van der Waals surface area contributed by atoms with Gasteiger partial charge in [0.2, 0.25) is 0 Å². The molecule has 110 valence electrons. The Labute approximate surface area is 140 Å². The van der Waals surface area contributed by atoms with Crippen LogP contribution < -0.4 is 29.6 Å². The van der Waals surface area contributed by atoms with Crippen LogP contribution in [0.4, 0.5) is 0 Å². The standard InChI is InChI=1S/C13H28O4S.Na/c1-2-3-4-5-6-7-8-9-10-11-12-17-13-18(14,15)16;/h2-13H2,1H3,(H,14,15,16);/q;+1/p-1. The van der Waals surface area contributed by atoms with E-state index in [1.54, 1.807) is 0 Å². The molecule has 19 heavy (non-hydrogen) atoms. The van der Waals surface area contributed by atoms with E-state index in [1.807, 2.05) is 0 Å². The van der Waals surface area contributed by atoms with E-state index < -0.39 is 16.1 Å². The molecule has 0 amide bonds.